The normalized spacial score (nSPS) is 30.9. The number of imidazole rings is 1. The van der Waals surface area contributed by atoms with Gasteiger partial charge in [-0.15, -0.1) is 0 Å². The van der Waals surface area contributed by atoms with E-state index in [9.17, 15) is 5.11 Å². The second kappa shape index (κ2) is 5.05. The van der Waals surface area contributed by atoms with Gasteiger partial charge in [-0.3, -0.25) is 0 Å². The van der Waals surface area contributed by atoms with Crippen LogP contribution >= 0.6 is 0 Å². The molecule has 0 amide bonds. The lowest BCUT2D eigenvalue weighted by molar-refractivity contribution is -0.273. The van der Waals surface area contributed by atoms with Crippen LogP contribution in [0.3, 0.4) is 0 Å². The summed E-state index contributed by atoms with van der Waals surface area (Å²) in [6.45, 7) is 5.83. The SMILES string of the molecule is CC1(C)CC(O)(c2nccn2CCO)CCC12OCCO2. The molecule has 1 saturated carbocycles. The summed E-state index contributed by atoms with van der Waals surface area (Å²) in [5, 5.41) is 20.3. The van der Waals surface area contributed by atoms with Gasteiger partial charge in [-0.25, -0.2) is 4.98 Å². The Labute approximate surface area is 124 Å². The lowest BCUT2D eigenvalue weighted by atomic mass is 9.65. The highest BCUT2D eigenvalue weighted by Gasteiger charge is 2.58. The van der Waals surface area contributed by atoms with Crippen LogP contribution in [0.4, 0.5) is 0 Å². The van der Waals surface area contributed by atoms with Crippen LogP contribution < -0.4 is 0 Å². The number of hydrogen-bond donors (Lipinski definition) is 2. The van der Waals surface area contributed by atoms with Crippen LogP contribution in [0.15, 0.2) is 12.4 Å². The van der Waals surface area contributed by atoms with Crippen molar-refractivity contribution >= 4 is 0 Å². The molecule has 2 fully saturated rings. The van der Waals surface area contributed by atoms with Crippen molar-refractivity contribution in [2.75, 3.05) is 19.8 Å². The Morgan fingerprint density at radius 3 is 2.62 bits per heavy atom. The molecule has 1 aromatic rings. The van der Waals surface area contributed by atoms with Gasteiger partial charge in [0.05, 0.1) is 19.8 Å². The number of hydrogen-bond acceptors (Lipinski definition) is 5. The second-order valence-corrected chi connectivity index (χ2v) is 6.71. The maximum Gasteiger partial charge on any atom is 0.173 e. The first-order valence-corrected chi connectivity index (χ1v) is 7.55. The molecule has 6 nitrogen and oxygen atoms in total. The highest BCUT2D eigenvalue weighted by Crippen LogP contribution is 2.54. The van der Waals surface area contributed by atoms with E-state index < -0.39 is 11.4 Å². The van der Waals surface area contributed by atoms with Gasteiger partial charge in [0.2, 0.25) is 0 Å². The third-order valence-corrected chi connectivity index (χ3v) is 4.86. The van der Waals surface area contributed by atoms with E-state index in [4.69, 9.17) is 14.6 Å². The minimum Gasteiger partial charge on any atom is -0.395 e. The predicted octanol–water partition coefficient (Wildman–Crippen LogP) is 1.02. The van der Waals surface area contributed by atoms with Crippen molar-refractivity contribution in [2.45, 2.75) is 51.0 Å². The lowest BCUT2D eigenvalue weighted by Crippen LogP contribution is -2.55. The summed E-state index contributed by atoms with van der Waals surface area (Å²) in [7, 11) is 0. The molecule has 1 spiro atoms. The molecule has 1 saturated heterocycles. The largest absolute Gasteiger partial charge is 0.395 e. The van der Waals surface area contributed by atoms with Gasteiger partial charge in [-0.1, -0.05) is 13.8 Å². The number of ether oxygens (including phenoxy) is 2. The fourth-order valence-electron chi connectivity index (χ4n) is 3.85. The van der Waals surface area contributed by atoms with Crippen molar-refractivity contribution in [2.24, 2.45) is 5.41 Å². The number of aliphatic hydroxyl groups is 2. The molecule has 1 aliphatic heterocycles. The lowest BCUT2D eigenvalue weighted by Gasteiger charge is -2.51. The van der Waals surface area contributed by atoms with Crippen LogP contribution in [0, 0.1) is 5.41 Å². The highest BCUT2D eigenvalue weighted by atomic mass is 16.7. The first-order valence-electron chi connectivity index (χ1n) is 7.55. The Kier molecular flexibility index (Phi) is 3.60. The van der Waals surface area contributed by atoms with Crippen molar-refractivity contribution in [3.8, 4) is 0 Å². The Morgan fingerprint density at radius 1 is 1.29 bits per heavy atom. The van der Waals surface area contributed by atoms with Gasteiger partial charge < -0.3 is 24.3 Å². The zero-order valence-electron chi connectivity index (χ0n) is 12.7. The van der Waals surface area contributed by atoms with Crippen LogP contribution in [0.2, 0.25) is 0 Å². The summed E-state index contributed by atoms with van der Waals surface area (Å²) in [5.74, 6) is 0.0330. The Bertz CT molecular complexity index is 508. The maximum atomic E-state index is 11.1. The molecular weight excluding hydrogens is 272 g/mol. The fourth-order valence-corrected chi connectivity index (χ4v) is 3.85. The quantitative estimate of drug-likeness (QED) is 0.871. The van der Waals surface area contributed by atoms with E-state index in [2.05, 4.69) is 18.8 Å². The Morgan fingerprint density at radius 2 is 2.00 bits per heavy atom. The number of aromatic nitrogens is 2. The van der Waals surface area contributed by atoms with Crippen LogP contribution in [-0.2, 0) is 21.6 Å². The minimum atomic E-state index is -1.01. The summed E-state index contributed by atoms with van der Waals surface area (Å²) in [4.78, 5) is 4.33. The molecule has 21 heavy (non-hydrogen) atoms. The molecule has 6 heteroatoms. The van der Waals surface area contributed by atoms with E-state index in [1.807, 2.05) is 4.57 Å². The second-order valence-electron chi connectivity index (χ2n) is 6.71. The average molecular weight is 296 g/mol. The third-order valence-electron chi connectivity index (χ3n) is 4.86. The van der Waals surface area contributed by atoms with Crippen molar-refractivity contribution < 1.29 is 19.7 Å². The van der Waals surface area contributed by atoms with Gasteiger partial charge in [-0.2, -0.15) is 0 Å². The molecule has 2 heterocycles. The zero-order chi connectivity index (χ0) is 15.1. The van der Waals surface area contributed by atoms with Crippen LogP contribution in [0.5, 0.6) is 0 Å². The van der Waals surface area contributed by atoms with E-state index in [0.717, 1.165) is 0 Å². The first kappa shape index (κ1) is 15.0. The monoisotopic (exact) mass is 296 g/mol. The molecule has 1 aromatic heterocycles. The molecule has 118 valence electrons. The van der Waals surface area contributed by atoms with Crippen LogP contribution in [0.1, 0.15) is 38.9 Å². The summed E-state index contributed by atoms with van der Waals surface area (Å²) in [6, 6.07) is 0. The van der Waals surface area contributed by atoms with Gasteiger partial charge >= 0.3 is 0 Å². The van der Waals surface area contributed by atoms with Gasteiger partial charge in [-0.05, 0) is 12.8 Å². The summed E-state index contributed by atoms with van der Waals surface area (Å²) in [5.41, 5.74) is -1.32. The van der Waals surface area contributed by atoms with Gasteiger partial charge in [0, 0.05) is 30.8 Å². The molecule has 0 bridgehead atoms. The van der Waals surface area contributed by atoms with Crippen LogP contribution in [-0.4, -0.2) is 45.4 Å². The summed E-state index contributed by atoms with van der Waals surface area (Å²) >= 11 is 0. The van der Waals surface area contributed by atoms with Gasteiger partial charge in [0.25, 0.3) is 0 Å². The minimum absolute atomic E-state index is 0.0268. The topological polar surface area (TPSA) is 76.7 Å². The molecule has 2 N–H and O–H groups in total. The zero-order valence-corrected chi connectivity index (χ0v) is 12.7. The van der Waals surface area contributed by atoms with E-state index in [1.165, 1.54) is 0 Å². The Hall–Kier alpha value is -0.950. The van der Waals surface area contributed by atoms with E-state index in [-0.39, 0.29) is 12.0 Å². The van der Waals surface area contributed by atoms with Gasteiger partial charge in [0.1, 0.15) is 11.4 Å². The molecule has 2 aliphatic rings. The molecule has 0 aromatic carbocycles. The third kappa shape index (κ3) is 2.30. The first-order chi connectivity index (χ1) is 9.93. The predicted molar refractivity (Wildman–Crippen MR) is 75.5 cm³/mol. The number of rotatable bonds is 3. The van der Waals surface area contributed by atoms with Crippen molar-refractivity contribution in [3.05, 3.63) is 18.2 Å². The average Bonchev–Trinajstić information content (AvgIpc) is 3.05. The molecule has 1 aliphatic carbocycles. The molecular formula is C15H24N2O4. The fraction of sp³-hybridized carbons (Fsp3) is 0.800. The smallest absolute Gasteiger partial charge is 0.173 e. The number of aliphatic hydroxyl groups excluding tert-OH is 1. The standard InChI is InChI=1S/C15H24N2O4/c1-13(2)11-14(19,3-4-15(13)20-9-10-21-15)12-16-5-6-17(12)7-8-18/h5-6,18-19H,3-4,7-11H2,1-2H3. The summed E-state index contributed by atoms with van der Waals surface area (Å²) in [6.07, 6.45) is 5.16. The van der Waals surface area contributed by atoms with E-state index >= 15 is 0 Å². The molecule has 3 rings (SSSR count). The van der Waals surface area contributed by atoms with E-state index in [1.54, 1.807) is 12.4 Å². The maximum absolute atomic E-state index is 11.1. The van der Waals surface area contributed by atoms with Crippen molar-refractivity contribution in [1.29, 1.82) is 0 Å². The Balaban J connectivity index is 1.89. The number of nitrogens with zero attached hydrogens (tertiary/aromatic N) is 2. The summed E-state index contributed by atoms with van der Waals surface area (Å²) < 4.78 is 13.6. The van der Waals surface area contributed by atoms with Crippen LogP contribution in [0.25, 0.3) is 0 Å². The molecule has 1 atom stereocenters. The van der Waals surface area contributed by atoms with Crippen molar-refractivity contribution in [3.63, 3.8) is 0 Å². The van der Waals surface area contributed by atoms with E-state index in [0.29, 0.717) is 44.8 Å². The van der Waals surface area contributed by atoms with Gasteiger partial charge in [0.15, 0.2) is 5.79 Å². The highest BCUT2D eigenvalue weighted by molar-refractivity contribution is 5.12. The molecule has 0 radical (unpaired) electrons. The molecule has 1 unspecified atom stereocenters. The van der Waals surface area contributed by atoms with Crippen molar-refractivity contribution in [1.82, 2.24) is 9.55 Å².